The molecule has 29 heavy (non-hydrogen) atoms. The normalized spacial score (nSPS) is 19.0. The molecule has 1 amide bonds. The lowest BCUT2D eigenvalue weighted by Crippen LogP contribution is -2.28. The van der Waals surface area contributed by atoms with Crippen LogP contribution in [0.1, 0.15) is 53.6 Å². The molecule has 1 fully saturated rings. The number of hydrogen-bond donors (Lipinski definition) is 1. The average Bonchev–Trinajstić information content (AvgIpc) is 3.22. The number of rotatable bonds is 4. The van der Waals surface area contributed by atoms with Crippen LogP contribution in [0, 0.1) is 0 Å². The number of carbonyl (C=O) groups is 1. The van der Waals surface area contributed by atoms with Gasteiger partial charge in [0.1, 0.15) is 0 Å². The van der Waals surface area contributed by atoms with Crippen molar-refractivity contribution in [2.75, 3.05) is 13.1 Å². The van der Waals surface area contributed by atoms with Gasteiger partial charge >= 0.3 is 0 Å². The second kappa shape index (κ2) is 8.47. The maximum absolute atomic E-state index is 12.8. The van der Waals surface area contributed by atoms with E-state index in [-0.39, 0.29) is 10.5 Å². The second-order valence-electron chi connectivity index (χ2n) is 7.50. The predicted octanol–water partition coefficient (Wildman–Crippen LogP) is 3.33. The number of carbonyl (C=O) groups excluding carboxylic acids is 1. The van der Waals surface area contributed by atoms with Crippen LogP contribution in [-0.4, -0.2) is 37.4 Å². The number of fused-ring (bicyclic) bond motifs is 1. The van der Waals surface area contributed by atoms with Crippen LogP contribution in [0.3, 0.4) is 0 Å². The van der Waals surface area contributed by atoms with Gasteiger partial charge in [0.25, 0.3) is 5.91 Å². The molecule has 1 heterocycles. The largest absolute Gasteiger partial charge is 0.271 e. The summed E-state index contributed by atoms with van der Waals surface area (Å²) in [6.07, 6.45) is 5.68. The first-order valence-corrected chi connectivity index (χ1v) is 11.5. The Morgan fingerprint density at radius 1 is 0.931 bits per heavy atom. The highest BCUT2D eigenvalue weighted by molar-refractivity contribution is 7.89. The summed E-state index contributed by atoms with van der Waals surface area (Å²) in [7, 11) is -3.56. The Balaban J connectivity index is 1.54. The van der Waals surface area contributed by atoms with Gasteiger partial charge in [0, 0.05) is 24.2 Å². The van der Waals surface area contributed by atoms with E-state index in [1.807, 2.05) is 18.2 Å². The molecule has 2 aliphatic rings. The monoisotopic (exact) mass is 411 g/mol. The molecule has 1 aliphatic heterocycles. The molecule has 7 heteroatoms. The highest BCUT2D eigenvalue weighted by Gasteiger charge is 2.27. The minimum Gasteiger partial charge on any atom is -0.267 e. The molecule has 152 valence electrons. The molecule has 1 N–H and O–H groups in total. The van der Waals surface area contributed by atoms with Crippen molar-refractivity contribution in [1.82, 2.24) is 9.73 Å². The number of nitrogens with one attached hydrogen (secondary N) is 1. The first-order chi connectivity index (χ1) is 14.1. The lowest BCUT2D eigenvalue weighted by atomic mass is 10.0. The number of hydrazone groups is 1. The maximum Gasteiger partial charge on any atom is 0.271 e. The number of hydrogen-bond acceptors (Lipinski definition) is 4. The molecule has 4 rings (SSSR count). The molecule has 2 aromatic carbocycles. The van der Waals surface area contributed by atoms with Crippen LogP contribution in [0.25, 0.3) is 0 Å². The van der Waals surface area contributed by atoms with E-state index in [1.165, 1.54) is 22.0 Å². The van der Waals surface area contributed by atoms with Crippen molar-refractivity contribution in [3.63, 3.8) is 0 Å². The van der Waals surface area contributed by atoms with Gasteiger partial charge in [0.15, 0.2) is 0 Å². The molecule has 0 atom stereocenters. The average molecular weight is 412 g/mol. The smallest absolute Gasteiger partial charge is 0.267 e. The zero-order valence-corrected chi connectivity index (χ0v) is 17.1. The van der Waals surface area contributed by atoms with Gasteiger partial charge < -0.3 is 0 Å². The number of amides is 1. The third-order valence-electron chi connectivity index (χ3n) is 5.53. The van der Waals surface area contributed by atoms with Crippen LogP contribution in [0.5, 0.6) is 0 Å². The van der Waals surface area contributed by atoms with Gasteiger partial charge in [-0.2, -0.15) is 9.41 Å². The van der Waals surface area contributed by atoms with Gasteiger partial charge in [-0.1, -0.05) is 30.3 Å². The minimum absolute atomic E-state index is 0.152. The predicted molar refractivity (Wildman–Crippen MR) is 112 cm³/mol. The second-order valence-corrected chi connectivity index (χ2v) is 9.44. The van der Waals surface area contributed by atoms with E-state index in [9.17, 15) is 13.2 Å². The standard InChI is InChI=1S/C22H25N3O3S/c26-22(24-23-21-13-4-2-9-17-8-1-3-12-20(17)21)18-10-7-11-19(16-18)29(27,28)25-14-5-6-15-25/h1,3,7-8,10-12,16H,2,4-6,9,13-15H2,(H,24,26)/b23-21-. The minimum atomic E-state index is -3.56. The fourth-order valence-electron chi connectivity index (χ4n) is 3.94. The molecule has 1 aliphatic carbocycles. The molecule has 0 saturated carbocycles. The third kappa shape index (κ3) is 4.26. The van der Waals surface area contributed by atoms with Crippen molar-refractivity contribution < 1.29 is 13.2 Å². The Morgan fingerprint density at radius 2 is 1.69 bits per heavy atom. The lowest BCUT2D eigenvalue weighted by molar-refractivity contribution is 0.0954. The first-order valence-electron chi connectivity index (χ1n) is 10.1. The molecule has 1 saturated heterocycles. The summed E-state index contributed by atoms with van der Waals surface area (Å²) >= 11 is 0. The van der Waals surface area contributed by atoms with Crippen LogP contribution in [0.2, 0.25) is 0 Å². The molecule has 0 aromatic heterocycles. The summed E-state index contributed by atoms with van der Waals surface area (Å²) < 4.78 is 27.0. The summed E-state index contributed by atoms with van der Waals surface area (Å²) in [6.45, 7) is 1.07. The first kappa shape index (κ1) is 19.8. The van der Waals surface area contributed by atoms with E-state index in [0.717, 1.165) is 49.8 Å². The number of benzene rings is 2. The molecular weight excluding hydrogens is 386 g/mol. The van der Waals surface area contributed by atoms with Crippen LogP contribution in [0.15, 0.2) is 58.5 Å². The fourth-order valence-corrected chi connectivity index (χ4v) is 5.50. The van der Waals surface area contributed by atoms with Crippen molar-refractivity contribution >= 4 is 21.6 Å². The van der Waals surface area contributed by atoms with Crippen LogP contribution in [0.4, 0.5) is 0 Å². The van der Waals surface area contributed by atoms with Crippen molar-refractivity contribution in [2.45, 2.75) is 43.4 Å². The molecule has 0 radical (unpaired) electrons. The summed E-state index contributed by atoms with van der Waals surface area (Å²) in [5, 5.41) is 4.39. The van der Waals surface area contributed by atoms with Crippen molar-refractivity contribution in [3.8, 4) is 0 Å². The number of aryl methyl sites for hydroxylation is 1. The fraction of sp³-hybridized carbons (Fsp3) is 0.364. The van der Waals surface area contributed by atoms with Gasteiger partial charge in [-0.3, -0.25) is 4.79 Å². The zero-order chi connectivity index (χ0) is 20.3. The Morgan fingerprint density at radius 3 is 2.52 bits per heavy atom. The summed E-state index contributed by atoms with van der Waals surface area (Å²) in [4.78, 5) is 12.8. The van der Waals surface area contributed by atoms with Gasteiger partial charge in [0.2, 0.25) is 10.0 Å². The number of nitrogens with zero attached hydrogens (tertiary/aromatic N) is 2. The topological polar surface area (TPSA) is 78.8 Å². The molecular formula is C22H25N3O3S. The van der Waals surface area contributed by atoms with E-state index < -0.39 is 15.9 Å². The molecule has 0 unspecified atom stereocenters. The van der Waals surface area contributed by atoms with Crippen molar-refractivity contribution in [1.29, 1.82) is 0 Å². The maximum atomic E-state index is 12.8. The van der Waals surface area contributed by atoms with Crippen LogP contribution < -0.4 is 5.43 Å². The van der Waals surface area contributed by atoms with Gasteiger partial charge in [-0.05, 0) is 62.3 Å². The van der Waals surface area contributed by atoms with E-state index in [4.69, 9.17) is 0 Å². The summed E-state index contributed by atoms with van der Waals surface area (Å²) in [5.74, 6) is -0.405. The van der Waals surface area contributed by atoms with Crippen molar-refractivity contribution in [2.24, 2.45) is 5.10 Å². The Bertz CT molecular complexity index is 1040. The van der Waals surface area contributed by atoms with Gasteiger partial charge in [0.05, 0.1) is 10.6 Å². The highest BCUT2D eigenvalue weighted by atomic mass is 32.2. The quantitative estimate of drug-likeness (QED) is 0.619. The molecule has 0 bridgehead atoms. The Hall–Kier alpha value is -2.51. The summed E-state index contributed by atoms with van der Waals surface area (Å²) in [5.41, 5.74) is 6.11. The van der Waals surface area contributed by atoms with Crippen LogP contribution in [-0.2, 0) is 16.4 Å². The number of sulfonamides is 1. The van der Waals surface area contributed by atoms with Crippen molar-refractivity contribution in [3.05, 3.63) is 65.2 Å². The molecule has 0 spiro atoms. The van der Waals surface area contributed by atoms with Gasteiger partial charge in [-0.15, -0.1) is 0 Å². The SMILES string of the molecule is O=C(N/N=C1/CCCCc2ccccc21)c1cccc(S(=O)(=O)N2CCCC2)c1. The van der Waals surface area contributed by atoms with E-state index in [1.54, 1.807) is 12.1 Å². The zero-order valence-electron chi connectivity index (χ0n) is 16.3. The van der Waals surface area contributed by atoms with Gasteiger partial charge in [-0.25, -0.2) is 13.8 Å². The summed E-state index contributed by atoms with van der Waals surface area (Å²) in [6, 6.07) is 14.3. The molecule has 2 aromatic rings. The third-order valence-corrected chi connectivity index (χ3v) is 7.42. The Kier molecular flexibility index (Phi) is 5.78. The lowest BCUT2D eigenvalue weighted by Gasteiger charge is -2.15. The van der Waals surface area contributed by atoms with E-state index >= 15 is 0 Å². The van der Waals surface area contributed by atoms with Crippen LogP contribution >= 0.6 is 0 Å². The Labute approximate surface area is 171 Å². The molecule has 6 nitrogen and oxygen atoms in total. The van der Waals surface area contributed by atoms with E-state index in [0.29, 0.717) is 13.1 Å². The van der Waals surface area contributed by atoms with E-state index in [2.05, 4.69) is 16.6 Å². The highest BCUT2D eigenvalue weighted by Crippen LogP contribution is 2.22.